The van der Waals surface area contributed by atoms with E-state index in [0.717, 1.165) is 61.5 Å². The molecule has 5 heteroatoms. The molecule has 3 aromatic carbocycles. The van der Waals surface area contributed by atoms with Crippen molar-refractivity contribution >= 4 is 11.0 Å². The van der Waals surface area contributed by atoms with Gasteiger partial charge in [0.25, 0.3) is 0 Å². The maximum atomic E-state index is 6.13. The molecule has 42 heavy (non-hydrogen) atoms. The van der Waals surface area contributed by atoms with Crippen LogP contribution in [-0.4, -0.2) is 15.0 Å². The van der Waals surface area contributed by atoms with Crippen molar-refractivity contribution in [1.29, 1.82) is 0 Å². The second kappa shape index (κ2) is 13.3. The second-order valence-corrected chi connectivity index (χ2v) is 9.71. The van der Waals surface area contributed by atoms with Crippen molar-refractivity contribution in [3.63, 3.8) is 0 Å². The molecule has 1 radical (unpaired) electrons. The van der Waals surface area contributed by atoms with E-state index < -0.39 is 0 Å². The Balaban J connectivity index is 0.000000228. The van der Waals surface area contributed by atoms with Crippen molar-refractivity contribution < 1.29 is 24.5 Å². The van der Waals surface area contributed by atoms with Crippen LogP contribution in [0.1, 0.15) is 11.1 Å². The van der Waals surface area contributed by atoms with Gasteiger partial charge >= 0.3 is 0 Å². The van der Waals surface area contributed by atoms with Gasteiger partial charge in [0.15, 0.2) is 0 Å². The minimum atomic E-state index is 0. The van der Waals surface area contributed by atoms with Gasteiger partial charge in [-0.1, -0.05) is 29.8 Å². The van der Waals surface area contributed by atoms with Crippen LogP contribution >= 0.6 is 0 Å². The predicted molar refractivity (Wildman–Crippen MR) is 165 cm³/mol. The fourth-order valence-electron chi connectivity index (χ4n) is 4.73. The number of hydrogen-bond acceptors (Lipinski definition) is 4. The normalized spacial score (nSPS) is 10.4. The molecular weight excluding hydrogens is 695 g/mol. The summed E-state index contributed by atoms with van der Waals surface area (Å²) in [6.07, 6.45) is 7.23. The van der Waals surface area contributed by atoms with Crippen LogP contribution in [0.25, 0.3) is 55.9 Å². The fourth-order valence-corrected chi connectivity index (χ4v) is 4.73. The molecule has 0 atom stereocenters. The Bertz CT molecular complexity index is 1870. The van der Waals surface area contributed by atoms with E-state index in [0.29, 0.717) is 0 Å². The van der Waals surface area contributed by atoms with Gasteiger partial charge in [-0.05, 0) is 67.2 Å². The monoisotopic (exact) mass is 722 g/mol. The Morgan fingerprint density at radius 3 is 2.21 bits per heavy atom. The van der Waals surface area contributed by atoms with Crippen LogP contribution in [0.4, 0.5) is 0 Å². The number of furan rings is 1. The van der Waals surface area contributed by atoms with Crippen molar-refractivity contribution in [2.45, 2.75) is 13.8 Å². The molecule has 0 spiro atoms. The van der Waals surface area contributed by atoms with Crippen molar-refractivity contribution in [3.8, 4) is 45.0 Å². The van der Waals surface area contributed by atoms with Gasteiger partial charge in [0.05, 0.1) is 0 Å². The molecule has 4 aromatic heterocycles. The van der Waals surface area contributed by atoms with Crippen molar-refractivity contribution in [3.05, 3.63) is 151 Å². The molecule has 7 aromatic rings. The molecular formula is C37H27IrN3O-2. The van der Waals surface area contributed by atoms with Crippen LogP contribution in [0.5, 0.6) is 0 Å². The van der Waals surface area contributed by atoms with Crippen LogP contribution in [-0.2, 0) is 20.1 Å². The van der Waals surface area contributed by atoms with E-state index in [4.69, 9.17) is 4.42 Å². The molecule has 0 amide bonds. The van der Waals surface area contributed by atoms with Crippen molar-refractivity contribution in [1.82, 2.24) is 15.0 Å². The van der Waals surface area contributed by atoms with E-state index in [9.17, 15) is 0 Å². The SMILES string of the molecule is Cc1ccnc(-c2[c-]ccc(-c3ccc4oc(-c5cccnc5)c(C)c4c3)c2)c1.[Ir].[c-]1ccccc1-c1ccccn1. The minimum absolute atomic E-state index is 0. The quantitative estimate of drug-likeness (QED) is 0.170. The van der Waals surface area contributed by atoms with Crippen LogP contribution in [0.3, 0.4) is 0 Å². The van der Waals surface area contributed by atoms with E-state index in [1.807, 2.05) is 85.2 Å². The Morgan fingerprint density at radius 1 is 0.619 bits per heavy atom. The van der Waals surface area contributed by atoms with Crippen molar-refractivity contribution in [2.75, 3.05) is 0 Å². The summed E-state index contributed by atoms with van der Waals surface area (Å²) in [6, 6.07) is 40.7. The number of benzene rings is 3. The molecule has 7 rings (SSSR count). The van der Waals surface area contributed by atoms with E-state index in [1.54, 1.807) is 12.4 Å². The summed E-state index contributed by atoms with van der Waals surface area (Å²) in [5.41, 5.74) is 10.4. The third-order valence-electron chi connectivity index (χ3n) is 6.84. The first kappa shape index (κ1) is 28.8. The molecule has 4 nitrogen and oxygen atoms in total. The average Bonchev–Trinajstić information content (AvgIpc) is 3.38. The molecule has 0 saturated heterocycles. The maximum Gasteiger partial charge on any atom is 0.139 e. The third-order valence-corrected chi connectivity index (χ3v) is 6.84. The molecule has 207 valence electrons. The molecule has 0 N–H and O–H groups in total. The summed E-state index contributed by atoms with van der Waals surface area (Å²) >= 11 is 0. The van der Waals surface area contributed by atoms with Crippen LogP contribution in [0.2, 0.25) is 0 Å². The first-order valence-corrected chi connectivity index (χ1v) is 13.4. The zero-order chi connectivity index (χ0) is 28.0. The molecule has 0 aliphatic heterocycles. The first-order valence-electron chi connectivity index (χ1n) is 13.4. The van der Waals surface area contributed by atoms with E-state index in [2.05, 4.69) is 71.3 Å². The first-order chi connectivity index (χ1) is 20.2. The third kappa shape index (κ3) is 6.44. The average molecular weight is 722 g/mol. The van der Waals surface area contributed by atoms with E-state index in [-0.39, 0.29) is 20.1 Å². The number of aryl methyl sites for hydroxylation is 2. The summed E-state index contributed by atoms with van der Waals surface area (Å²) in [7, 11) is 0. The summed E-state index contributed by atoms with van der Waals surface area (Å²) in [4.78, 5) is 12.9. The number of pyridine rings is 3. The standard InChI is InChI=1S/C26H19N2O.C11H8N.Ir/c1-17-10-12-28-24(13-17)21-6-3-5-19(14-21)20-8-9-25-23(15-20)18(2)26(29-25)22-7-4-11-27-16-22;1-2-6-10(7-3-1)11-8-4-5-9-12-11;/h3-5,7-16H,1-2H3;1-6,8-9H;/q2*-1;. The Kier molecular flexibility index (Phi) is 9.13. The molecule has 0 bridgehead atoms. The van der Waals surface area contributed by atoms with Gasteiger partial charge in [0, 0.05) is 61.4 Å². The summed E-state index contributed by atoms with van der Waals surface area (Å²) in [6.45, 7) is 4.17. The van der Waals surface area contributed by atoms with Gasteiger partial charge < -0.3 is 14.4 Å². The summed E-state index contributed by atoms with van der Waals surface area (Å²) in [5.74, 6) is 0.872. The van der Waals surface area contributed by atoms with Gasteiger partial charge in [-0.3, -0.25) is 4.98 Å². The second-order valence-electron chi connectivity index (χ2n) is 9.71. The maximum absolute atomic E-state index is 6.13. The van der Waals surface area contributed by atoms with Crippen LogP contribution < -0.4 is 0 Å². The topological polar surface area (TPSA) is 51.8 Å². The Labute approximate surface area is 259 Å². The smallest absolute Gasteiger partial charge is 0.139 e. The summed E-state index contributed by atoms with van der Waals surface area (Å²) < 4.78 is 6.13. The van der Waals surface area contributed by atoms with Gasteiger partial charge in [-0.25, -0.2) is 0 Å². The van der Waals surface area contributed by atoms with Gasteiger partial charge in [-0.15, -0.1) is 71.3 Å². The van der Waals surface area contributed by atoms with Crippen LogP contribution in [0.15, 0.2) is 132 Å². The van der Waals surface area contributed by atoms with E-state index >= 15 is 0 Å². The van der Waals surface area contributed by atoms with Crippen molar-refractivity contribution in [2.24, 2.45) is 0 Å². The van der Waals surface area contributed by atoms with Gasteiger partial charge in [0.2, 0.25) is 0 Å². The molecule has 0 unspecified atom stereocenters. The minimum Gasteiger partial charge on any atom is -0.456 e. The van der Waals surface area contributed by atoms with Gasteiger partial charge in [0.1, 0.15) is 11.3 Å². The molecule has 0 aliphatic carbocycles. The van der Waals surface area contributed by atoms with E-state index in [1.165, 1.54) is 5.56 Å². The Morgan fingerprint density at radius 2 is 1.45 bits per heavy atom. The number of aromatic nitrogens is 3. The zero-order valence-electron chi connectivity index (χ0n) is 23.2. The zero-order valence-corrected chi connectivity index (χ0v) is 25.6. The number of fused-ring (bicyclic) bond motifs is 1. The molecule has 0 aliphatic rings. The fraction of sp³-hybridized carbons (Fsp3) is 0.0541. The van der Waals surface area contributed by atoms with Gasteiger partial charge in [-0.2, -0.15) is 0 Å². The summed E-state index contributed by atoms with van der Waals surface area (Å²) in [5, 5.41) is 1.12. The van der Waals surface area contributed by atoms with Crippen LogP contribution in [0, 0.1) is 26.0 Å². The number of rotatable bonds is 4. The molecule has 4 heterocycles. The number of nitrogens with zero attached hydrogens (tertiary/aromatic N) is 3. The molecule has 0 saturated carbocycles. The Hall–Kier alpha value is -4.70. The number of hydrogen-bond donors (Lipinski definition) is 0. The largest absolute Gasteiger partial charge is 0.456 e. The molecule has 0 fully saturated rings. The predicted octanol–water partition coefficient (Wildman–Crippen LogP) is 9.19.